The van der Waals surface area contributed by atoms with Crippen LogP contribution in [0.25, 0.3) is 22.1 Å². The largest absolute Gasteiger partial charge is 0.463 e. The quantitative estimate of drug-likeness (QED) is 0.384. The Labute approximate surface area is 173 Å². The number of hydrogen-bond donors (Lipinski definition) is 1. The Morgan fingerprint density at radius 2 is 1.65 bits per heavy atom. The van der Waals surface area contributed by atoms with Crippen molar-refractivity contribution in [3.8, 4) is 11.1 Å². The fourth-order valence-corrected chi connectivity index (χ4v) is 3.25. The van der Waals surface area contributed by atoms with Crippen molar-refractivity contribution < 1.29 is 31.2 Å². The van der Waals surface area contributed by atoms with Gasteiger partial charge in [0.25, 0.3) is 5.91 Å². The lowest BCUT2D eigenvalue weighted by atomic mass is 9.99. The van der Waals surface area contributed by atoms with Crippen molar-refractivity contribution in [2.75, 3.05) is 0 Å². The number of fused-ring (bicyclic) bond motifs is 1. The van der Waals surface area contributed by atoms with E-state index < -0.39 is 29.3 Å². The Bertz CT molecular complexity index is 1260. The molecular formula is C23H14F5NO2. The number of amides is 1. The average molecular weight is 431 g/mol. The molecule has 0 radical (unpaired) electrons. The van der Waals surface area contributed by atoms with Crippen molar-refractivity contribution in [3.63, 3.8) is 0 Å². The molecule has 0 atom stereocenters. The van der Waals surface area contributed by atoms with Gasteiger partial charge in [-0.05, 0) is 53.1 Å². The first kappa shape index (κ1) is 20.6. The predicted octanol–water partition coefficient (Wildman–Crippen LogP) is 6.33. The van der Waals surface area contributed by atoms with Crippen LogP contribution >= 0.6 is 0 Å². The monoisotopic (exact) mass is 431 g/mol. The van der Waals surface area contributed by atoms with Crippen LogP contribution in [0.1, 0.15) is 21.5 Å². The second-order valence-corrected chi connectivity index (χ2v) is 6.83. The highest BCUT2D eigenvalue weighted by molar-refractivity contribution is 6.08. The highest BCUT2D eigenvalue weighted by Gasteiger charge is 2.29. The Morgan fingerprint density at radius 1 is 0.903 bits per heavy atom. The molecule has 0 saturated carbocycles. The molecule has 0 spiro atoms. The molecule has 0 aliphatic rings. The summed E-state index contributed by atoms with van der Waals surface area (Å²) in [6, 6.07) is 12.7. The SMILES string of the molecule is O=C(NCc1ccc(C(F)(F)F)cc1)c1ccc(-c2ccc(F)c(F)c2)c2ccoc12. The second-order valence-electron chi connectivity index (χ2n) is 6.83. The number of carbonyl (C=O) groups excluding carboxylic acids is 1. The number of furan rings is 1. The molecule has 0 unspecified atom stereocenters. The van der Waals surface area contributed by atoms with Crippen LogP contribution in [0.3, 0.4) is 0 Å². The molecule has 0 bridgehead atoms. The minimum Gasteiger partial charge on any atom is -0.463 e. The van der Waals surface area contributed by atoms with Gasteiger partial charge >= 0.3 is 6.18 Å². The number of hydrogen-bond acceptors (Lipinski definition) is 2. The van der Waals surface area contributed by atoms with E-state index in [1.54, 1.807) is 12.1 Å². The maximum Gasteiger partial charge on any atom is 0.416 e. The molecule has 3 nitrogen and oxygen atoms in total. The van der Waals surface area contributed by atoms with Crippen molar-refractivity contribution in [1.82, 2.24) is 5.32 Å². The molecule has 3 aromatic carbocycles. The summed E-state index contributed by atoms with van der Waals surface area (Å²) in [5.74, 6) is -2.45. The first-order valence-electron chi connectivity index (χ1n) is 9.14. The van der Waals surface area contributed by atoms with Crippen LogP contribution in [0.5, 0.6) is 0 Å². The van der Waals surface area contributed by atoms with Gasteiger partial charge in [-0.15, -0.1) is 0 Å². The first-order valence-corrected chi connectivity index (χ1v) is 9.14. The number of carbonyl (C=O) groups is 1. The third-order valence-electron chi connectivity index (χ3n) is 4.83. The van der Waals surface area contributed by atoms with E-state index in [1.165, 1.54) is 30.5 Å². The van der Waals surface area contributed by atoms with Gasteiger partial charge in [0.2, 0.25) is 0 Å². The Morgan fingerprint density at radius 3 is 2.32 bits per heavy atom. The molecular weight excluding hydrogens is 417 g/mol. The molecule has 31 heavy (non-hydrogen) atoms. The van der Waals surface area contributed by atoms with Crippen molar-refractivity contribution in [1.29, 1.82) is 0 Å². The van der Waals surface area contributed by atoms with Crippen molar-refractivity contribution >= 4 is 16.9 Å². The standard InChI is InChI=1S/C23H14F5NO2/c24-19-8-3-14(11-20(19)25)16-6-7-18(21-17(16)9-10-31-21)22(30)29-12-13-1-4-15(5-2-13)23(26,27)28/h1-11H,12H2,(H,29,30). The van der Waals surface area contributed by atoms with Crippen molar-refractivity contribution in [2.45, 2.75) is 12.7 Å². The lowest BCUT2D eigenvalue weighted by Gasteiger charge is -2.10. The van der Waals surface area contributed by atoms with E-state index in [0.29, 0.717) is 22.1 Å². The van der Waals surface area contributed by atoms with Gasteiger partial charge in [-0.2, -0.15) is 13.2 Å². The molecule has 1 aromatic heterocycles. The van der Waals surface area contributed by atoms with Crippen LogP contribution in [0.2, 0.25) is 0 Å². The highest BCUT2D eigenvalue weighted by Crippen LogP contribution is 2.33. The fraction of sp³-hybridized carbons (Fsp3) is 0.0870. The van der Waals surface area contributed by atoms with Crippen LogP contribution in [-0.2, 0) is 12.7 Å². The molecule has 4 rings (SSSR count). The zero-order valence-corrected chi connectivity index (χ0v) is 15.8. The van der Waals surface area contributed by atoms with Crippen molar-refractivity contribution in [2.24, 2.45) is 0 Å². The number of rotatable bonds is 4. The Hall–Kier alpha value is -3.68. The summed E-state index contributed by atoms with van der Waals surface area (Å²) < 4.78 is 70.3. The summed E-state index contributed by atoms with van der Waals surface area (Å²) >= 11 is 0. The van der Waals surface area contributed by atoms with Crippen LogP contribution in [0, 0.1) is 11.6 Å². The van der Waals surface area contributed by atoms with Gasteiger partial charge in [0.05, 0.1) is 17.4 Å². The summed E-state index contributed by atoms with van der Waals surface area (Å²) in [7, 11) is 0. The minimum absolute atomic E-state index is 0.0180. The highest BCUT2D eigenvalue weighted by atomic mass is 19.4. The summed E-state index contributed by atoms with van der Waals surface area (Å²) in [5, 5.41) is 3.18. The van der Waals surface area contributed by atoms with E-state index in [4.69, 9.17) is 4.42 Å². The maximum absolute atomic E-state index is 13.6. The average Bonchev–Trinajstić information content (AvgIpc) is 3.23. The zero-order valence-electron chi connectivity index (χ0n) is 15.8. The third-order valence-corrected chi connectivity index (χ3v) is 4.83. The minimum atomic E-state index is -4.43. The zero-order chi connectivity index (χ0) is 22.2. The smallest absolute Gasteiger partial charge is 0.416 e. The van der Waals surface area contributed by atoms with Crippen LogP contribution in [-0.4, -0.2) is 5.91 Å². The molecule has 158 valence electrons. The van der Waals surface area contributed by atoms with E-state index in [9.17, 15) is 26.7 Å². The molecule has 0 aliphatic carbocycles. The van der Waals surface area contributed by atoms with Gasteiger partial charge in [0.15, 0.2) is 11.6 Å². The Kier molecular flexibility index (Phi) is 5.22. The maximum atomic E-state index is 13.6. The molecule has 1 amide bonds. The van der Waals surface area contributed by atoms with Gasteiger partial charge in [0, 0.05) is 11.9 Å². The Balaban J connectivity index is 1.56. The van der Waals surface area contributed by atoms with E-state index >= 15 is 0 Å². The van der Waals surface area contributed by atoms with Crippen LogP contribution < -0.4 is 5.32 Å². The van der Waals surface area contributed by atoms with E-state index in [1.807, 2.05) is 0 Å². The van der Waals surface area contributed by atoms with Gasteiger partial charge < -0.3 is 9.73 Å². The molecule has 0 saturated heterocycles. The lowest BCUT2D eigenvalue weighted by Crippen LogP contribution is -2.23. The number of nitrogens with one attached hydrogen (secondary N) is 1. The van der Waals surface area contributed by atoms with Crippen LogP contribution in [0.15, 0.2) is 71.3 Å². The summed E-state index contributed by atoms with van der Waals surface area (Å²) in [4.78, 5) is 12.6. The molecule has 0 aliphatic heterocycles. The molecule has 1 N–H and O–H groups in total. The topological polar surface area (TPSA) is 42.2 Å². The van der Waals surface area contributed by atoms with E-state index in [2.05, 4.69) is 5.32 Å². The lowest BCUT2D eigenvalue weighted by molar-refractivity contribution is -0.137. The second kappa shape index (κ2) is 7.86. The van der Waals surface area contributed by atoms with Gasteiger partial charge in [-0.25, -0.2) is 8.78 Å². The van der Waals surface area contributed by atoms with Gasteiger partial charge in [-0.3, -0.25) is 4.79 Å². The van der Waals surface area contributed by atoms with Gasteiger partial charge in [0.1, 0.15) is 5.58 Å². The van der Waals surface area contributed by atoms with E-state index in [0.717, 1.165) is 24.3 Å². The van der Waals surface area contributed by atoms with Gasteiger partial charge in [-0.1, -0.05) is 24.3 Å². The molecule has 4 aromatic rings. The molecule has 8 heteroatoms. The predicted molar refractivity (Wildman–Crippen MR) is 104 cm³/mol. The summed E-state index contributed by atoms with van der Waals surface area (Å²) in [6.07, 6.45) is -3.05. The number of halogens is 5. The van der Waals surface area contributed by atoms with Crippen molar-refractivity contribution in [3.05, 3.63) is 95.3 Å². The number of alkyl halides is 3. The normalized spacial score (nSPS) is 11.6. The molecule has 0 fully saturated rings. The summed E-state index contributed by atoms with van der Waals surface area (Å²) in [5.41, 5.74) is 1.16. The summed E-state index contributed by atoms with van der Waals surface area (Å²) in [6.45, 7) is 0.0180. The fourth-order valence-electron chi connectivity index (χ4n) is 3.25. The molecule has 1 heterocycles. The van der Waals surface area contributed by atoms with Crippen LogP contribution in [0.4, 0.5) is 22.0 Å². The van der Waals surface area contributed by atoms with E-state index in [-0.39, 0.29) is 17.7 Å². The number of benzene rings is 3. The first-order chi connectivity index (χ1) is 14.7. The third kappa shape index (κ3) is 4.14.